The van der Waals surface area contributed by atoms with E-state index in [0.717, 1.165) is 13.0 Å². The molecule has 1 amide bonds. The third-order valence-electron chi connectivity index (χ3n) is 3.57. The van der Waals surface area contributed by atoms with Crippen molar-refractivity contribution in [1.82, 2.24) is 9.88 Å². The molecule has 17 heavy (non-hydrogen) atoms. The molecule has 1 aliphatic heterocycles. The van der Waals surface area contributed by atoms with Crippen LogP contribution in [0.2, 0.25) is 5.15 Å². The van der Waals surface area contributed by atoms with Crippen molar-refractivity contribution < 1.29 is 4.79 Å². The van der Waals surface area contributed by atoms with Gasteiger partial charge in [-0.2, -0.15) is 0 Å². The fraction of sp³-hybridized carbons (Fsp3) is 0.538. The van der Waals surface area contributed by atoms with Gasteiger partial charge in [0.1, 0.15) is 10.8 Å². The molecule has 2 unspecified atom stereocenters. The van der Waals surface area contributed by atoms with E-state index in [1.165, 1.54) is 6.42 Å². The molecular weight excluding hydrogens is 236 g/mol. The highest BCUT2D eigenvalue weighted by Crippen LogP contribution is 2.24. The molecule has 0 saturated carbocycles. The van der Waals surface area contributed by atoms with E-state index in [4.69, 9.17) is 11.6 Å². The quantitative estimate of drug-likeness (QED) is 0.720. The maximum Gasteiger partial charge on any atom is 0.272 e. The van der Waals surface area contributed by atoms with E-state index in [0.29, 0.717) is 16.8 Å². The highest BCUT2D eigenvalue weighted by atomic mass is 35.5. The molecule has 0 aliphatic carbocycles. The SMILES string of the molecule is CC1CCCN(C(=O)c2cccc(Cl)n2)C1C. The predicted molar refractivity (Wildman–Crippen MR) is 68.1 cm³/mol. The van der Waals surface area contributed by atoms with Gasteiger partial charge in [0.2, 0.25) is 0 Å². The summed E-state index contributed by atoms with van der Waals surface area (Å²) in [6.45, 7) is 5.11. The molecule has 0 aromatic carbocycles. The van der Waals surface area contributed by atoms with Gasteiger partial charge in [0.25, 0.3) is 5.91 Å². The lowest BCUT2D eigenvalue weighted by Crippen LogP contribution is -2.46. The van der Waals surface area contributed by atoms with Gasteiger partial charge >= 0.3 is 0 Å². The van der Waals surface area contributed by atoms with Crippen LogP contribution in [0.1, 0.15) is 37.2 Å². The fourth-order valence-corrected chi connectivity index (χ4v) is 2.46. The summed E-state index contributed by atoms with van der Waals surface area (Å²) >= 11 is 5.81. The number of aromatic nitrogens is 1. The van der Waals surface area contributed by atoms with Crippen molar-refractivity contribution in [3.8, 4) is 0 Å². The third kappa shape index (κ3) is 2.60. The fourth-order valence-electron chi connectivity index (χ4n) is 2.30. The molecule has 4 heteroatoms. The number of rotatable bonds is 1. The van der Waals surface area contributed by atoms with Crippen molar-refractivity contribution in [2.75, 3.05) is 6.54 Å². The first-order valence-electron chi connectivity index (χ1n) is 6.03. The zero-order valence-corrected chi connectivity index (χ0v) is 10.9. The van der Waals surface area contributed by atoms with Gasteiger partial charge in [0.05, 0.1) is 0 Å². The number of pyridine rings is 1. The van der Waals surface area contributed by atoms with Crippen LogP contribution < -0.4 is 0 Å². The highest BCUT2D eigenvalue weighted by molar-refractivity contribution is 6.29. The summed E-state index contributed by atoms with van der Waals surface area (Å²) in [5, 5.41) is 0.369. The van der Waals surface area contributed by atoms with Gasteiger partial charge in [0, 0.05) is 12.6 Å². The number of carbonyl (C=O) groups excluding carboxylic acids is 1. The minimum atomic E-state index is -0.00782. The Bertz CT molecular complexity index is 422. The lowest BCUT2D eigenvalue weighted by atomic mass is 9.92. The molecule has 0 spiro atoms. The normalized spacial score (nSPS) is 24.8. The van der Waals surface area contributed by atoms with E-state index in [9.17, 15) is 4.79 Å². The lowest BCUT2D eigenvalue weighted by molar-refractivity contribution is 0.0545. The second kappa shape index (κ2) is 5.05. The van der Waals surface area contributed by atoms with Crippen LogP contribution in [0.3, 0.4) is 0 Å². The predicted octanol–water partition coefficient (Wildman–Crippen LogP) is 3.00. The average molecular weight is 253 g/mol. The van der Waals surface area contributed by atoms with Gasteiger partial charge in [-0.1, -0.05) is 24.6 Å². The minimum Gasteiger partial charge on any atom is -0.334 e. The number of carbonyl (C=O) groups is 1. The van der Waals surface area contributed by atoms with Crippen LogP contribution in [0.15, 0.2) is 18.2 Å². The molecule has 0 radical (unpaired) electrons. The molecule has 92 valence electrons. The molecular formula is C13H17ClN2O. The Labute approximate surface area is 107 Å². The molecule has 1 aromatic rings. The Kier molecular flexibility index (Phi) is 3.67. The van der Waals surface area contributed by atoms with Crippen LogP contribution in [-0.2, 0) is 0 Å². The number of nitrogens with zero attached hydrogens (tertiary/aromatic N) is 2. The number of hydrogen-bond acceptors (Lipinski definition) is 2. The summed E-state index contributed by atoms with van der Waals surface area (Å²) < 4.78 is 0. The number of halogens is 1. The largest absolute Gasteiger partial charge is 0.334 e. The number of hydrogen-bond donors (Lipinski definition) is 0. The first-order chi connectivity index (χ1) is 8.09. The molecule has 1 fully saturated rings. The van der Waals surface area contributed by atoms with Crippen molar-refractivity contribution in [2.24, 2.45) is 5.92 Å². The summed E-state index contributed by atoms with van der Waals surface area (Å²) in [4.78, 5) is 18.3. The number of amides is 1. The maximum atomic E-state index is 12.3. The molecule has 0 N–H and O–H groups in total. The zero-order chi connectivity index (χ0) is 12.4. The molecule has 1 aromatic heterocycles. The van der Waals surface area contributed by atoms with E-state index < -0.39 is 0 Å². The Balaban J connectivity index is 2.19. The molecule has 3 nitrogen and oxygen atoms in total. The molecule has 1 saturated heterocycles. The van der Waals surface area contributed by atoms with Gasteiger partial charge in [-0.3, -0.25) is 4.79 Å². The summed E-state index contributed by atoms with van der Waals surface area (Å²) in [6.07, 6.45) is 2.26. The van der Waals surface area contributed by atoms with E-state index >= 15 is 0 Å². The van der Waals surface area contributed by atoms with E-state index in [-0.39, 0.29) is 11.9 Å². The van der Waals surface area contributed by atoms with Crippen molar-refractivity contribution >= 4 is 17.5 Å². The average Bonchev–Trinajstić information content (AvgIpc) is 2.32. The zero-order valence-electron chi connectivity index (χ0n) is 10.2. The van der Waals surface area contributed by atoms with Crippen LogP contribution in [-0.4, -0.2) is 28.4 Å². The van der Waals surface area contributed by atoms with E-state index in [1.807, 2.05) is 4.90 Å². The smallest absolute Gasteiger partial charge is 0.272 e. The van der Waals surface area contributed by atoms with Crippen LogP contribution in [0, 0.1) is 5.92 Å². The van der Waals surface area contributed by atoms with Gasteiger partial charge in [-0.15, -0.1) is 0 Å². The Morgan fingerprint density at radius 2 is 2.24 bits per heavy atom. The highest BCUT2D eigenvalue weighted by Gasteiger charge is 2.29. The Hall–Kier alpha value is -1.09. The van der Waals surface area contributed by atoms with E-state index in [2.05, 4.69) is 18.8 Å². The topological polar surface area (TPSA) is 33.2 Å². The molecule has 1 aliphatic rings. The van der Waals surface area contributed by atoms with Crippen molar-refractivity contribution in [2.45, 2.75) is 32.7 Å². The molecule has 2 atom stereocenters. The van der Waals surface area contributed by atoms with Crippen LogP contribution in [0.5, 0.6) is 0 Å². The standard InChI is InChI=1S/C13H17ClN2O/c1-9-5-4-8-16(10(9)2)13(17)11-6-3-7-12(14)15-11/h3,6-7,9-10H,4-5,8H2,1-2H3. The van der Waals surface area contributed by atoms with E-state index in [1.54, 1.807) is 18.2 Å². The van der Waals surface area contributed by atoms with Crippen molar-refractivity contribution in [3.63, 3.8) is 0 Å². The third-order valence-corrected chi connectivity index (χ3v) is 3.78. The Morgan fingerprint density at radius 1 is 1.47 bits per heavy atom. The molecule has 2 rings (SSSR count). The minimum absolute atomic E-state index is 0.00782. The van der Waals surface area contributed by atoms with Gasteiger partial charge < -0.3 is 4.90 Å². The monoisotopic (exact) mass is 252 g/mol. The molecule has 2 heterocycles. The first kappa shape index (κ1) is 12.4. The lowest BCUT2D eigenvalue weighted by Gasteiger charge is -2.37. The number of piperidine rings is 1. The van der Waals surface area contributed by atoms with Crippen LogP contribution in [0.25, 0.3) is 0 Å². The van der Waals surface area contributed by atoms with Gasteiger partial charge in [0.15, 0.2) is 0 Å². The maximum absolute atomic E-state index is 12.3. The van der Waals surface area contributed by atoms with Crippen LogP contribution in [0.4, 0.5) is 0 Å². The Morgan fingerprint density at radius 3 is 2.94 bits per heavy atom. The van der Waals surface area contributed by atoms with Gasteiger partial charge in [-0.25, -0.2) is 4.98 Å². The van der Waals surface area contributed by atoms with Crippen molar-refractivity contribution in [1.29, 1.82) is 0 Å². The van der Waals surface area contributed by atoms with Crippen molar-refractivity contribution in [3.05, 3.63) is 29.0 Å². The second-order valence-corrected chi connectivity index (χ2v) is 5.09. The number of likely N-dealkylation sites (tertiary alicyclic amines) is 1. The van der Waals surface area contributed by atoms with Gasteiger partial charge in [-0.05, 0) is 37.8 Å². The molecule has 0 bridgehead atoms. The second-order valence-electron chi connectivity index (χ2n) is 4.70. The summed E-state index contributed by atoms with van der Waals surface area (Å²) in [5.74, 6) is 0.540. The van der Waals surface area contributed by atoms with Crippen LogP contribution >= 0.6 is 11.6 Å². The summed E-state index contributed by atoms with van der Waals surface area (Å²) in [7, 11) is 0. The summed E-state index contributed by atoms with van der Waals surface area (Å²) in [5.41, 5.74) is 0.443. The first-order valence-corrected chi connectivity index (χ1v) is 6.41. The summed E-state index contributed by atoms with van der Waals surface area (Å²) in [6, 6.07) is 5.44.